The van der Waals surface area contributed by atoms with Gasteiger partial charge in [0.15, 0.2) is 4.90 Å². The van der Waals surface area contributed by atoms with Crippen LogP contribution in [0.4, 0.5) is 14.5 Å². The Hall–Kier alpha value is -2.15. The van der Waals surface area contributed by atoms with Crippen LogP contribution in [0, 0.1) is 18.6 Å². The van der Waals surface area contributed by atoms with Crippen LogP contribution in [0.25, 0.3) is 0 Å². The van der Waals surface area contributed by atoms with E-state index < -0.39 is 26.6 Å². The number of halogens is 2. The first kappa shape index (κ1) is 15.2. The van der Waals surface area contributed by atoms with E-state index in [1.165, 1.54) is 13.2 Å². The molecule has 0 heterocycles. The van der Waals surface area contributed by atoms with Gasteiger partial charge in [0.2, 0.25) is 0 Å². The summed E-state index contributed by atoms with van der Waals surface area (Å²) in [5.74, 6) is -2.06. The molecular formula is C14H13F2NO3S. The van der Waals surface area contributed by atoms with Crippen LogP contribution in [-0.2, 0) is 10.0 Å². The van der Waals surface area contributed by atoms with Crippen molar-refractivity contribution in [1.29, 1.82) is 0 Å². The molecule has 4 nitrogen and oxygen atoms in total. The molecule has 0 radical (unpaired) electrons. The molecule has 0 aromatic heterocycles. The first-order chi connectivity index (χ1) is 9.85. The molecule has 0 fully saturated rings. The minimum absolute atomic E-state index is 0.103. The highest BCUT2D eigenvalue weighted by Gasteiger charge is 2.24. The molecule has 0 aliphatic heterocycles. The van der Waals surface area contributed by atoms with E-state index >= 15 is 0 Å². The summed E-state index contributed by atoms with van der Waals surface area (Å²) >= 11 is 0. The van der Waals surface area contributed by atoms with E-state index in [2.05, 4.69) is 4.72 Å². The number of ether oxygens (including phenoxy) is 1. The molecular weight excluding hydrogens is 300 g/mol. The van der Waals surface area contributed by atoms with Crippen molar-refractivity contribution in [2.24, 2.45) is 0 Å². The standard InChI is InChI=1S/C14H13F2NO3S/c1-9-6-7-12(13(8-9)20-2)17-21(18,19)14-10(15)4-3-5-11(14)16/h3-8,17H,1-2H3. The molecule has 0 spiro atoms. The monoisotopic (exact) mass is 313 g/mol. The maximum absolute atomic E-state index is 13.6. The van der Waals surface area contributed by atoms with Crippen molar-refractivity contribution in [2.75, 3.05) is 11.8 Å². The molecule has 0 aliphatic rings. The topological polar surface area (TPSA) is 55.4 Å². The Bertz CT molecular complexity index is 756. The zero-order valence-corrected chi connectivity index (χ0v) is 12.2. The van der Waals surface area contributed by atoms with Gasteiger partial charge < -0.3 is 4.74 Å². The van der Waals surface area contributed by atoms with Gasteiger partial charge in [0, 0.05) is 0 Å². The Morgan fingerprint density at radius 1 is 1.10 bits per heavy atom. The minimum Gasteiger partial charge on any atom is -0.495 e. The second-order valence-corrected chi connectivity index (χ2v) is 5.98. The van der Waals surface area contributed by atoms with E-state index in [1.807, 2.05) is 0 Å². The first-order valence-electron chi connectivity index (χ1n) is 5.96. The van der Waals surface area contributed by atoms with Crippen molar-refractivity contribution in [3.8, 4) is 5.75 Å². The van der Waals surface area contributed by atoms with Gasteiger partial charge in [-0.25, -0.2) is 17.2 Å². The lowest BCUT2D eigenvalue weighted by atomic mass is 10.2. The van der Waals surface area contributed by atoms with Crippen LogP contribution in [-0.4, -0.2) is 15.5 Å². The fourth-order valence-electron chi connectivity index (χ4n) is 1.82. The summed E-state index contributed by atoms with van der Waals surface area (Å²) in [6.45, 7) is 1.80. The van der Waals surface area contributed by atoms with Gasteiger partial charge in [-0.15, -0.1) is 0 Å². The smallest absolute Gasteiger partial charge is 0.267 e. The van der Waals surface area contributed by atoms with Gasteiger partial charge in [0.25, 0.3) is 10.0 Å². The second kappa shape index (κ2) is 5.69. The molecule has 0 unspecified atom stereocenters. The Morgan fingerprint density at radius 2 is 1.71 bits per heavy atom. The quantitative estimate of drug-likeness (QED) is 0.944. The number of sulfonamides is 1. The molecule has 0 bridgehead atoms. The zero-order chi connectivity index (χ0) is 15.6. The Morgan fingerprint density at radius 3 is 2.29 bits per heavy atom. The largest absolute Gasteiger partial charge is 0.495 e. The lowest BCUT2D eigenvalue weighted by Crippen LogP contribution is -2.17. The molecule has 0 amide bonds. The van der Waals surface area contributed by atoms with Crippen LogP contribution < -0.4 is 9.46 Å². The minimum atomic E-state index is -4.40. The predicted molar refractivity (Wildman–Crippen MR) is 74.9 cm³/mol. The highest BCUT2D eigenvalue weighted by Crippen LogP contribution is 2.29. The summed E-state index contributed by atoms with van der Waals surface area (Å²) in [6.07, 6.45) is 0. The van der Waals surface area contributed by atoms with E-state index in [4.69, 9.17) is 4.74 Å². The number of aryl methyl sites for hydroxylation is 1. The number of hydrogen-bond donors (Lipinski definition) is 1. The number of nitrogens with one attached hydrogen (secondary N) is 1. The molecule has 2 aromatic carbocycles. The number of anilines is 1. The van der Waals surface area contributed by atoms with E-state index in [0.29, 0.717) is 0 Å². The molecule has 0 atom stereocenters. The van der Waals surface area contributed by atoms with Crippen LogP contribution >= 0.6 is 0 Å². The maximum atomic E-state index is 13.6. The van der Waals surface area contributed by atoms with Crippen molar-refractivity contribution >= 4 is 15.7 Å². The molecule has 21 heavy (non-hydrogen) atoms. The summed E-state index contributed by atoms with van der Waals surface area (Å²) < 4.78 is 58.7. The third kappa shape index (κ3) is 3.13. The molecule has 2 aromatic rings. The summed E-state index contributed by atoms with van der Waals surface area (Å²) in [7, 11) is -3.03. The molecule has 0 saturated heterocycles. The van der Waals surface area contributed by atoms with Crippen molar-refractivity contribution < 1.29 is 21.9 Å². The predicted octanol–water partition coefficient (Wildman–Crippen LogP) is 3.08. The lowest BCUT2D eigenvalue weighted by Gasteiger charge is -2.13. The van der Waals surface area contributed by atoms with Gasteiger partial charge in [-0.2, -0.15) is 0 Å². The van der Waals surface area contributed by atoms with Crippen molar-refractivity contribution in [1.82, 2.24) is 0 Å². The first-order valence-corrected chi connectivity index (χ1v) is 7.45. The zero-order valence-electron chi connectivity index (χ0n) is 11.4. The molecule has 7 heteroatoms. The number of hydrogen-bond acceptors (Lipinski definition) is 3. The van der Waals surface area contributed by atoms with Gasteiger partial charge in [0.05, 0.1) is 12.8 Å². The van der Waals surface area contributed by atoms with Crippen LogP contribution in [0.5, 0.6) is 5.75 Å². The Labute approximate surface area is 121 Å². The summed E-state index contributed by atoms with van der Waals surface area (Å²) in [5, 5.41) is 0. The molecule has 0 aliphatic carbocycles. The van der Waals surface area contributed by atoms with Gasteiger partial charge >= 0.3 is 0 Å². The van der Waals surface area contributed by atoms with Gasteiger partial charge in [-0.3, -0.25) is 4.72 Å². The highest BCUT2D eigenvalue weighted by atomic mass is 32.2. The average Bonchev–Trinajstić information content (AvgIpc) is 2.40. The van der Waals surface area contributed by atoms with E-state index in [-0.39, 0.29) is 11.4 Å². The fraction of sp³-hybridized carbons (Fsp3) is 0.143. The van der Waals surface area contributed by atoms with Crippen LogP contribution in [0.3, 0.4) is 0 Å². The highest BCUT2D eigenvalue weighted by molar-refractivity contribution is 7.92. The molecule has 2 rings (SSSR count). The van der Waals surface area contributed by atoms with Gasteiger partial charge in [-0.1, -0.05) is 12.1 Å². The van der Waals surface area contributed by atoms with Crippen LogP contribution in [0.15, 0.2) is 41.3 Å². The second-order valence-electron chi connectivity index (χ2n) is 4.36. The van der Waals surface area contributed by atoms with Gasteiger partial charge in [0.1, 0.15) is 17.4 Å². The Balaban J connectivity index is 2.48. The number of benzene rings is 2. The summed E-state index contributed by atoms with van der Waals surface area (Å²) in [5.41, 5.74) is 0.956. The fourth-order valence-corrected chi connectivity index (χ4v) is 3.03. The van der Waals surface area contributed by atoms with Crippen molar-refractivity contribution in [2.45, 2.75) is 11.8 Å². The van der Waals surface area contributed by atoms with Crippen molar-refractivity contribution in [3.05, 3.63) is 53.6 Å². The molecule has 112 valence electrons. The number of methoxy groups -OCH3 is 1. The van der Waals surface area contributed by atoms with Gasteiger partial charge in [-0.05, 0) is 36.8 Å². The normalized spacial score (nSPS) is 11.2. The maximum Gasteiger partial charge on any atom is 0.267 e. The van der Waals surface area contributed by atoms with Crippen LogP contribution in [0.1, 0.15) is 5.56 Å². The third-order valence-corrected chi connectivity index (χ3v) is 4.21. The van der Waals surface area contributed by atoms with E-state index in [1.54, 1.807) is 19.1 Å². The van der Waals surface area contributed by atoms with Crippen molar-refractivity contribution in [3.63, 3.8) is 0 Å². The Kier molecular flexibility index (Phi) is 4.13. The van der Waals surface area contributed by atoms with Crippen LogP contribution in [0.2, 0.25) is 0 Å². The summed E-state index contributed by atoms with van der Waals surface area (Å²) in [6, 6.07) is 7.57. The van der Waals surface area contributed by atoms with E-state index in [0.717, 1.165) is 23.8 Å². The third-order valence-electron chi connectivity index (χ3n) is 2.79. The van der Waals surface area contributed by atoms with E-state index in [9.17, 15) is 17.2 Å². The average molecular weight is 313 g/mol. The lowest BCUT2D eigenvalue weighted by molar-refractivity contribution is 0.416. The molecule has 0 saturated carbocycles. The number of rotatable bonds is 4. The summed E-state index contributed by atoms with van der Waals surface area (Å²) in [4.78, 5) is -1.02. The molecule has 1 N–H and O–H groups in total. The SMILES string of the molecule is COc1cc(C)ccc1NS(=O)(=O)c1c(F)cccc1F.